The second-order valence-electron chi connectivity index (χ2n) is 28.1. The number of unbranched alkanes of at least 4 members (excludes halogenated alkanes) is 53. The molecule has 0 spiro atoms. The summed E-state index contributed by atoms with van der Waals surface area (Å²) in [4.78, 5) is 72.8. The van der Waals surface area contributed by atoms with Gasteiger partial charge in [0.2, 0.25) is 0 Å². The van der Waals surface area contributed by atoms with Gasteiger partial charge in [0.1, 0.15) is 19.3 Å². The number of hydrogen-bond donors (Lipinski definition) is 3. The third-order valence-electron chi connectivity index (χ3n) is 18.4. The lowest BCUT2D eigenvalue weighted by Crippen LogP contribution is -2.30. The van der Waals surface area contributed by atoms with Crippen molar-refractivity contribution in [3.05, 3.63) is 0 Å². The molecule has 576 valence electrons. The maximum atomic E-state index is 13.1. The molecule has 19 heteroatoms. The fraction of sp³-hybridized carbons (Fsp3) is 0.949. The van der Waals surface area contributed by atoms with Crippen LogP contribution in [0.25, 0.3) is 0 Å². The molecular weight excluding hydrogens is 1270 g/mol. The van der Waals surface area contributed by atoms with Gasteiger partial charge in [0, 0.05) is 25.7 Å². The fourth-order valence-corrected chi connectivity index (χ4v) is 13.7. The molecule has 0 aromatic rings. The van der Waals surface area contributed by atoms with E-state index in [1.807, 2.05) is 0 Å². The van der Waals surface area contributed by atoms with Crippen molar-refractivity contribution >= 4 is 39.5 Å². The summed E-state index contributed by atoms with van der Waals surface area (Å²) in [5.74, 6) is -2.11. The monoisotopic (exact) mass is 1420 g/mol. The number of phosphoric ester groups is 2. The van der Waals surface area contributed by atoms with Crippen LogP contribution < -0.4 is 0 Å². The average molecular weight is 1420 g/mol. The third-order valence-corrected chi connectivity index (χ3v) is 20.3. The van der Waals surface area contributed by atoms with Gasteiger partial charge >= 0.3 is 39.5 Å². The quantitative estimate of drug-likeness (QED) is 0.0222. The van der Waals surface area contributed by atoms with E-state index in [1.165, 1.54) is 250 Å². The maximum Gasteiger partial charge on any atom is 0.472 e. The number of esters is 4. The number of phosphoric acid groups is 2. The van der Waals surface area contributed by atoms with E-state index < -0.39 is 97.5 Å². The molecular formula is C78H152O17P2. The molecule has 0 rings (SSSR count). The zero-order chi connectivity index (χ0) is 71.1. The largest absolute Gasteiger partial charge is 0.472 e. The lowest BCUT2D eigenvalue weighted by Gasteiger charge is -2.21. The molecule has 97 heavy (non-hydrogen) atoms. The topological polar surface area (TPSA) is 237 Å². The lowest BCUT2D eigenvalue weighted by atomic mass is 10.0. The molecule has 0 aromatic carbocycles. The van der Waals surface area contributed by atoms with Crippen molar-refractivity contribution in [1.29, 1.82) is 0 Å². The number of ether oxygens (including phenoxy) is 4. The van der Waals surface area contributed by atoms with Gasteiger partial charge in [-0.25, -0.2) is 9.13 Å². The summed E-state index contributed by atoms with van der Waals surface area (Å²) in [5.41, 5.74) is 0. The van der Waals surface area contributed by atoms with Gasteiger partial charge in [-0.15, -0.1) is 0 Å². The Kier molecular flexibility index (Phi) is 71.0. The Morgan fingerprint density at radius 3 is 0.608 bits per heavy atom. The van der Waals surface area contributed by atoms with Gasteiger partial charge in [-0.2, -0.15) is 0 Å². The predicted molar refractivity (Wildman–Crippen MR) is 395 cm³/mol. The van der Waals surface area contributed by atoms with E-state index in [-0.39, 0.29) is 25.7 Å². The molecule has 0 saturated heterocycles. The molecule has 0 aliphatic carbocycles. The van der Waals surface area contributed by atoms with E-state index in [2.05, 4.69) is 27.7 Å². The third kappa shape index (κ3) is 72.2. The zero-order valence-electron chi connectivity index (χ0n) is 63.1. The van der Waals surface area contributed by atoms with Crippen LogP contribution in [0.3, 0.4) is 0 Å². The first-order chi connectivity index (χ1) is 47.2. The van der Waals surface area contributed by atoms with Crippen molar-refractivity contribution < 1.29 is 80.2 Å². The van der Waals surface area contributed by atoms with Crippen LogP contribution in [0.5, 0.6) is 0 Å². The summed E-state index contributed by atoms with van der Waals surface area (Å²) in [7, 11) is -9.91. The van der Waals surface area contributed by atoms with Crippen molar-refractivity contribution in [2.75, 3.05) is 39.6 Å². The highest BCUT2D eigenvalue weighted by Crippen LogP contribution is 2.45. The van der Waals surface area contributed by atoms with Crippen LogP contribution in [-0.2, 0) is 65.4 Å². The summed E-state index contributed by atoms with van der Waals surface area (Å²) < 4.78 is 68.5. The smallest absolute Gasteiger partial charge is 0.462 e. The Bertz CT molecular complexity index is 1840. The van der Waals surface area contributed by atoms with Crippen LogP contribution >= 0.6 is 15.6 Å². The van der Waals surface area contributed by atoms with E-state index in [1.54, 1.807) is 0 Å². The van der Waals surface area contributed by atoms with E-state index in [0.717, 1.165) is 89.9 Å². The van der Waals surface area contributed by atoms with E-state index in [9.17, 15) is 43.2 Å². The van der Waals surface area contributed by atoms with Gasteiger partial charge in [-0.1, -0.05) is 368 Å². The number of carbonyl (C=O) groups is 4. The molecule has 0 saturated carbocycles. The highest BCUT2D eigenvalue weighted by Gasteiger charge is 2.30. The molecule has 0 heterocycles. The van der Waals surface area contributed by atoms with Gasteiger partial charge in [-0.3, -0.25) is 37.3 Å². The molecule has 0 radical (unpaired) electrons. The van der Waals surface area contributed by atoms with Crippen LogP contribution in [0, 0.1) is 0 Å². The second-order valence-corrected chi connectivity index (χ2v) is 31.0. The summed E-state index contributed by atoms with van der Waals surface area (Å²) in [5, 5.41) is 10.6. The summed E-state index contributed by atoms with van der Waals surface area (Å²) in [6.45, 7) is 4.98. The molecule has 0 amide bonds. The number of carbonyl (C=O) groups excluding carboxylic acids is 4. The minimum Gasteiger partial charge on any atom is -0.462 e. The molecule has 0 aromatic heterocycles. The molecule has 0 aliphatic heterocycles. The molecule has 0 bridgehead atoms. The predicted octanol–water partition coefficient (Wildman–Crippen LogP) is 23.4. The molecule has 0 fully saturated rings. The van der Waals surface area contributed by atoms with E-state index in [0.29, 0.717) is 25.7 Å². The van der Waals surface area contributed by atoms with Crippen LogP contribution in [-0.4, -0.2) is 96.7 Å². The molecule has 2 unspecified atom stereocenters. The number of rotatable bonds is 79. The van der Waals surface area contributed by atoms with Crippen molar-refractivity contribution in [2.24, 2.45) is 0 Å². The molecule has 17 nitrogen and oxygen atoms in total. The SMILES string of the molecule is CCCCCCCCCCCCCCCCCCCCCCCCC(=O)O[C@H](COC(=O)CCCCCCCCCCCCCCCCC)COP(=O)(O)OC[C@@H](O)COP(=O)(O)OC[C@@H](COC(=O)CCCCCCCCCCCC)OC(=O)CCCCCCCCCCCC. The number of aliphatic hydroxyl groups excluding tert-OH is 1. The Morgan fingerprint density at radius 1 is 0.247 bits per heavy atom. The van der Waals surface area contributed by atoms with Gasteiger partial charge in [0.15, 0.2) is 12.2 Å². The Hall–Kier alpha value is -1.94. The lowest BCUT2D eigenvalue weighted by molar-refractivity contribution is -0.161. The van der Waals surface area contributed by atoms with Crippen LogP contribution in [0.4, 0.5) is 0 Å². The van der Waals surface area contributed by atoms with Crippen molar-refractivity contribution in [3.8, 4) is 0 Å². The standard InChI is InChI=1S/C78H152O17P2/c1-5-9-13-17-21-25-29-31-33-34-35-36-37-38-39-41-43-45-49-53-57-61-65-78(83)95-74(69-89-76(81)63-59-55-51-48-44-42-40-32-30-26-22-18-14-10-6-2)71-93-97(86,87)91-67-72(79)66-90-96(84,85)92-70-73(94-77(82)64-60-56-52-47-28-24-20-16-12-8-4)68-88-75(80)62-58-54-50-46-27-23-19-15-11-7-3/h72-74,79H,5-71H2,1-4H3,(H,84,85)(H,86,87)/t72-,73+,74+/m0/s1. The maximum absolute atomic E-state index is 13.1. The normalized spacial score (nSPS) is 13.8. The van der Waals surface area contributed by atoms with Gasteiger partial charge < -0.3 is 33.8 Å². The first kappa shape index (κ1) is 95.1. The summed E-state index contributed by atoms with van der Waals surface area (Å²) >= 11 is 0. The van der Waals surface area contributed by atoms with Crippen molar-refractivity contribution in [3.63, 3.8) is 0 Å². The van der Waals surface area contributed by atoms with Crippen LogP contribution in [0.2, 0.25) is 0 Å². The van der Waals surface area contributed by atoms with Crippen LogP contribution in [0.15, 0.2) is 0 Å². The average Bonchev–Trinajstić information content (AvgIpc) is 2.14. The second kappa shape index (κ2) is 72.4. The Labute approximate surface area is 594 Å². The molecule has 0 aliphatic rings. The highest BCUT2D eigenvalue weighted by atomic mass is 31.2. The number of aliphatic hydroxyl groups is 1. The van der Waals surface area contributed by atoms with Crippen LogP contribution in [0.1, 0.15) is 419 Å². The first-order valence-electron chi connectivity index (χ1n) is 40.8. The minimum absolute atomic E-state index is 0.107. The number of hydrogen-bond acceptors (Lipinski definition) is 15. The van der Waals surface area contributed by atoms with Crippen molar-refractivity contribution in [2.45, 2.75) is 438 Å². The summed E-state index contributed by atoms with van der Waals surface area (Å²) in [6, 6.07) is 0. The highest BCUT2D eigenvalue weighted by molar-refractivity contribution is 7.47. The van der Waals surface area contributed by atoms with Gasteiger partial charge in [0.05, 0.1) is 26.4 Å². The molecule has 5 atom stereocenters. The van der Waals surface area contributed by atoms with Gasteiger partial charge in [-0.05, 0) is 25.7 Å². The van der Waals surface area contributed by atoms with Gasteiger partial charge in [0.25, 0.3) is 0 Å². The zero-order valence-corrected chi connectivity index (χ0v) is 64.8. The molecule has 3 N–H and O–H groups in total. The van der Waals surface area contributed by atoms with E-state index in [4.69, 9.17) is 37.0 Å². The Morgan fingerprint density at radius 2 is 0.412 bits per heavy atom. The van der Waals surface area contributed by atoms with E-state index >= 15 is 0 Å². The van der Waals surface area contributed by atoms with Crippen molar-refractivity contribution in [1.82, 2.24) is 0 Å². The Balaban J connectivity index is 5.17. The minimum atomic E-state index is -4.96. The fourth-order valence-electron chi connectivity index (χ4n) is 12.1. The summed E-state index contributed by atoms with van der Waals surface area (Å²) in [6.07, 6.45) is 63.9. The first-order valence-corrected chi connectivity index (χ1v) is 43.8.